The number of nitrogens with one attached hydrogen (secondary N) is 1. The van der Waals surface area contributed by atoms with Crippen molar-refractivity contribution in [3.8, 4) is 11.5 Å². The number of pyridine rings is 1. The van der Waals surface area contributed by atoms with Gasteiger partial charge in [-0.25, -0.2) is 0 Å². The summed E-state index contributed by atoms with van der Waals surface area (Å²) in [5.41, 5.74) is 3.54. The molecular formula is C18H24N2O. The van der Waals surface area contributed by atoms with Crippen LogP contribution in [0.4, 0.5) is 0 Å². The first-order valence-electron chi connectivity index (χ1n) is 7.27. The highest BCUT2D eigenvalue weighted by atomic mass is 16.5. The van der Waals surface area contributed by atoms with E-state index in [1.807, 2.05) is 19.3 Å². The number of rotatable bonds is 4. The fourth-order valence-corrected chi connectivity index (χ4v) is 2.28. The number of nitrogens with zero attached hydrogens (tertiary/aromatic N) is 1. The molecule has 0 unspecified atom stereocenters. The van der Waals surface area contributed by atoms with Gasteiger partial charge in [-0.05, 0) is 42.6 Å². The van der Waals surface area contributed by atoms with Crippen LogP contribution in [-0.2, 0) is 12.0 Å². The highest BCUT2D eigenvalue weighted by Crippen LogP contribution is 2.34. The van der Waals surface area contributed by atoms with Crippen molar-refractivity contribution in [3.05, 3.63) is 53.3 Å². The standard InChI is InChI=1S/C18H24N2O/c1-13-6-7-16(18(2,3)4)17(8-13)21-15-9-14(10-19-5)11-20-12-15/h6-9,11-12,19H,10H2,1-5H3. The lowest BCUT2D eigenvalue weighted by molar-refractivity contribution is 0.452. The molecule has 2 rings (SSSR count). The zero-order chi connectivity index (χ0) is 15.5. The van der Waals surface area contributed by atoms with Crippen molar-refractivity contribution in [1.82, 2.24) is 10.3 Å². The second-order valence-electron chi connectivity index (χ2n) is 6.41. The molecule has 21 heavy (non-hydrogen) atoms. The van der Waals surface area contributed by atoms with Crippen LogP contribution in [-0.4, -0.2) is 12.0 Å². The Labute approximate surface area is 127 Å². The first kappa shape index (κ1) is 15.5. The summed E-state index contributed by atoms with van der Waals surface area (Å²) in [6.45, 7) is 9.44. The van der Waals surface area contributed by atoms with Crippen molar-refractivity contribution in [2.45, 2.75) is 39.7 Å². The molecule has 1 heterocycles. The Balaban J connectivity index is 2.34. The van der Waals surface area contributed by atoms with E-state index in [0.29, 0.717) is 0 Å². The molecule has 1 aromatic heterocycles. The molecule has 0 amide bonds. The number of ether oxygens (including phenoxy) is 1. The van der Waals surface area contributed by atoms with Crippen molar-refractivity contribution in [2.75, 3.05) is 7.05 Å². The smallest absolute Gasteiger partial charge is 0.146 e. The molecule has 0 aliphatic rings. The lowest BCUT2D eigenvalue weighted by Crippen LogP contribution is -2.12. The van der Waals surface area contributed by atoms with Gasteiger partial charge >= 0.3 is 0 Å². The van der Waals surface area contributed by atoms with E-state index in [4.69, 9.17) is 4.74 Å². The van der Waals surface area contributed by atoms with Crippen molar-refractivity contribution in [2.24, 2.45) is 0 Å². The van der Waals surface area contributed by atoms with E-state index in [1.165, 1.54) is 11.1 Å². The summed E-state index contributed by atoms with van der Waals surface area (Å²) in [7, 11) is 1.92. The van der Waals surface area contributed by atoms with Crippen LogP contribution < -0.4 is 10.1 Å². The van der Waals surface area contributed by atoms with Crippen molar-refractivity contribution in [3.63, 3.8) is 0 Å². The Bertz CT molecular complexity index is 615. The number of benzene rings is 1. The third kappa shape index (κ3) is 4.05. The van der Waals surface area contributed by atoms with Gasteiger partial charge in [0.1, 0.15) is 11.5 Å². The maximum absolute atomic E-state index is 6.11. The van der Waals surface area contributed by atoms with Crippen LogP contribution in [0.2, 0.25) is 0 Å². The van der Waals surface area contributed by atoms with Crippen LogP contribution in [0, 0.1) is 6.92 Å². The summed E-state index contributed by atoms with van der Waals surface area (Å²) in [6, 6.07) is 8.39. The highest BCUT2D eigenvalue weighted by Gasteiger charge is 2.19. The summed E-state index contributed by atoms with van der Waals surface area (Å²) in [6.07, 6.45) is 3.61. The lowest BCUT2D eigenvalue weighted by Gasteiger charge is -2.23. The summed E-state index contributed by atoms with van der Waals surface area (Å²) < 4.78 is 6.11. The van der Waals surface area contributed by atoms with Gasteiger partial charge in [-0.2, -0.15) is 0 Å². The van der Waals surface area contributed by atoms with Gasteiger partial charge in [0, 0.05) is 18.3 Å². The average molecular weight is 284 g/mol. The van der Waals surface area contributed by atoms with Crippen LogP contribution in [0.25, 0.3) is 0 Å². The molecule has 3 nitrogen and oxygen atoms in total. The zero-order valence-corrected chi connectivity index (χ0v) is 13.5. The quantitative estimate of drug-likeness (QED) is 0.913. The van der Waals surface area contributed by atoms with Gasteiger partial charge in [0.25, 0.3) is 0 Å². The molecule has 3 heteroatoms. The van der Waals surface area contributed by atoms with E-state index in [1.54, 1.807) is 6.20 Å². The molecule has 0 atom stereocenters. The van der Waals surface area contributed by atoms with Crippen LogP contribution >= 0.6 is 0 Å². The predicted molar refractivity (Wildman–Crippen MR) is 87.0 cm³/mol. The van der Waals surface area contributed by atoms with Crippen molar-refractivity contribution >= 4 is 0 Å². The molecule has 1 aromatic carbocycles. The molecule has 112 valence electrons. The molecular weight excluding hydrogens is 260 g/mol. The predicted octanol–water partition coefficient (Wildman–Crippen LogP) is 4.20. The number of aryl methyl sites for hydroxylation is 1. The fraction of sp³-hybridized carbons (Fsp3) is 0.389. The van der Waals surface area contributed by atoms with Gasteiger partial charge in [0.2, 0.25) is 0 Å². The number of hydrogen-bond acceptors (Lipinski definition) is 3. The number of hydrogen-bond donors (Lipinski definition) is 1. The lowest BCUT2D eigenvalue weighted by atomic mass is 9.86. The van der Waals surface area contributed by atoms with E-state index in [9.17, 15) is 0 Å². The van der Waals surface area contributed by atoms with Gasteiger partial charge in [-0.15, -0.1) is 0 Å². The Morgan fingerprint density at radius 3 is 2.57 bits per heavy atom. The summed E-state index contributed by atoms with van der Waals surface area (Å²) in [4.78, 5) is 4.25. The second-order valence-corrected chi connectivity index (χ2v) is 6.41. The average Bonchev–Trinajstić information content (AvgIpc) is 2.38. The van der Waals surface area contributed by atoms with Crippen LogP contribution in [0.1, 0.15) is 37.5 Å². The molecule has 0 fully saturated rings. The minimum absolute atomic E-state index is 0.0407. The SMILES string of the molecule is CNCc1cncc(Oc2cc(C)ccc2C(C)(C)C)c1. The maximum Gasteiger partial charge on any atom is 0.146 e. The second kappa shape index (κ2) is 6.27. The Hall–Kier alpha value is -1.87. The molecule has 2 aromatic rings. The van der Waals surface area contributed by atoms with Crippen molar-refractivity contribution < 1.29 is 4.74 Å². The molecule has 0 aliphatic heterocycles. The molecule has 0 spiro atoms. The van der Waals surface area contributed by atoms with Gasteiger partial charge in [-0.3, -0.25) is 4.98 Å². The van der Waals surface area contributed by atoms with Crippen LogP contribution in [0.15, 0.2) is 36.7 Å². The van der Waals surface area contributed by atoms with E-state index in [2.05, 4.69) is 56.2 Å². The van der Waals surface area contributed by atoms with Crippen molar-refractivity contribution in [1.29, 1.82) is 0 Å². The fourth-order valence-electron chi connectivity index (χ4n) is 2.28. The summed E-state index contributed by atoms with van der Waals surface area (Å²) in [5.74, 6) is 1.68. The maximum atomic E-state index is 6.11. The first-order valence-corrected chi connectivity index (χ1v) is 7.27. The molecule has 1 N–H and O–H groups in total. The molecule has 0 saturated heterocycles. The minimum atomic E-state index is 0.0407. The van der Waals surface area contributed by atoms with Crippen LogP contribution in [0.5, 0.6) is 11.5 Å². The Morgan fingerprint density at radius 2 is 1.90 bits per heavy atom. The first-order chi connectivity index (χ1) is 9.90. The summed E-state index contributed by atoms with van der Waals surface area (Å²) >= 11 is 0. The Morgan fingerprint density at radius 1 is 1.14 bits per heavy atom. The third-order valence-electron chi connectivity index (χ3n) is 3.32. The third-order valence-corrected chi connectivity index (χ3v) is 3.32. The monoisotopic (exact) mass is 284 g/mol. The largest absolute Gasteiger partial charge is 0.455 e. The summed E-state index contributed by atoms with van der Waals surface area (Å²) in [5, 5.41) is 3.12. The van der Waals surface area contributed by atoms with Gasteiger partial charge in [0.15, 0.2) is 0 Å². The molecule has 0 bridgehead atoms. The molecule has 0 radical (unpaired) electrons. The van der Waals surface area contributed by atoms with Crippen LogP contribution in [0.3, 0.4) is 0 Å². The van der Waals surface area contributed by atoms with Gasteiger partial charge in [0.05, 0.1) is 6.20 Å². The highest BCUT2D eigenvalue weighted by molar-refractivity contribution is 5.44. The number of aromatic nitrogens is 1. The molecule has 0 aliphatic carbocycles. The van der Waals surface area contributed by atoms with E-state index < -0.39 is 0 Å². The normalized spacial score (nSPS) is 11.5. The van der Waals surface area contributed by atoms with E-state index in [-0.39, 0.29) is 5.41 Å². The van der Waals surface area contributed by atoms with Gasteiger partial charge < -0.3 is 10.1 Å². The van der Waals surface area contributed by atoms with E-state index in [0.717, 1.165) is 23.6 Å². The van der Waals surface area contributed by atoms with Gasteiger partial charge in [-0.1, -0.05) is 32.9 Å². The zero-order valence-electron chi connectivity index (χ0n) is 13.5. The van der Waals surface area contributed by atoms with E-state index >= 15 is 0 Å². The Kier molecular flexibility index (Phi) is 4.63. The minimum Gasteiger partial charge on any atom is -0.455 e. The topological polar surface area (TPSA) is 34.2 Å². The molecule has 0 saturated carbocycles.